The Morgan fingerprint density at radius 2 is 2.33 bits per heavy atom. The van der Waals surface area contributed by atoms with Gasteiger partial charge in [-0.25, -0.2) is 0 Å². The van der Waals surface area contributed by atoms with Crippen molar-refractivity contribution >= 4 is 0 Å². The lowest BCUT2D eigenvalue weighted by Gasteiger charge is -2.30. The molecule has 1 fully saturated rings. The third kappa shape index (κ3) is 3.57. The Labute approximate surface area is 110 Å². The van der Waals surface area contributed by atoms with Crippen LogP contribution >= 0.6 is 0 Å². The Morgan fingerprint density at radius 3 is 2.94 bits per heavy atom. The first kappa shape index (κ1) is 13.6. The van der Waals surface area contributed by atoms with Gasteiger partial charge in [0.1, 0.15) is 5.76 Å². The molecule has 102 valence electrons. The van der Waals surface area contributed by atoms with Crippen LogP contribution in [0.1, 0.15) is 37.5 Å². The second-order valence-electron chi connectivity index (χ2n) is 5.53. The standard InChI is InChI=1S/C14H25N3O/c1-17(2)13(14-7-4-8-18-14)10-16-12-6-3-5-11(15)9-12/h4,7-8,11-13,16H,3,5-6,9-10,15H2,1-2H3. The highest BCUT2D eigenvalue weighted by atomic mass is 16.3. The van der Waals surface area contributed by atoms with E-state index in [4.69, 9.17) is 10.2 Å². The van der Waals surface area contributed by atoms with E-state index >= 15 is 0 Å². The molecule has 0 spiro atoms. The smallest absolute Gasteiger partial charge is 0.122 e. The van der Waals surface area contributed by atoms with E-state index in [1.165, 1.54) is 19.3 Å². The van der Waals surface area contributed by atoms with Crippen molar-refractivity contribution in [1.82, 2.24) is 10.2 Å². The van der Waals surface area contributed by atoms with Crippen LogP contribution in [0.3, 0.4) is 0 Å². The van der Waals surface area contributed by atoms with E-state index in [2.05, 4.69) is 24.3 Å². The van der Waals surface area contributed by atoms with Crippen LogP contribution < -0.4 is 11.1 Å². The van der Waals surface area contributed by atoms with Gasteiger partial charge < -0.3 is 15.5 Å². The molecule has 0 bridgehead atoms. The van der Waals surface area contributed by atoms with Crippen LogP contribution in [0, 0.1) is 0 Å². The molecule has 1 saturated carbocycles. The van der Waals surface area contributed by atoms with Gasteiger partial charge >= 0.3 is 0 Å². The Hall–Kier alpha value is -0.840. The largest absolute Gasteiger partial charge is 0.468 e. The average molecular weight is 251 g/mol. The Bertz CT molecular complexity index is 337. The summed E-state index contributed by atoms with van der Waals surface area (Å²) in [7, 11) is 4.17. The fourth-order valence-electron chi connectivity index (χ4n) is 2.71. The lowest BCUT2D eigenvalue weighted by molar-refractivity contribution is 0.231. The summed E-state index contributed by atoms with van der Waals surface area (Å²) < 4.78 is 5.51. The molecule has 4 nitrogen and oxygen atoms in total. The maximum absolute atomic E-state index is 6.02. The van der Waals surface area contributed by atoms with E-state index < -0.39 is 0 Å². The van der Waals surface area contributed by atoms with Gasteiger partial charge in [0.2, 0.25) is 0 Å². The molecule has 0 aliphatic heterocycles. The van der Waals surface area contributed by atoms with Crippen LogP contribution in [0.25, 0.3) is 0 Å². The quantitative estimate of drug-likeness (QED) is 0.837. The van der Waals surface area contributed by atoms with Gasteiger partial charge in [0.15, 0.2) is 0 Å². The predicted molar refractivity (Wildman–Crippen MR) is 73.4 cm³/mol. The fraction of sp³-hybridized carbons (Fsp3) is 0.714. The van der Waals surface area contributed by atoms with Gasteiger partial charge in [-0.3, -0.25) is 4.90 Å². The second-order valence-corrected chi connectivity index (χ2v) is 5.53. The summed E-state index contributed by atoms with van der Waals surface area (Å²) in [5.74, 6) is 1.02. The molecule has 0 saturated heterocycles. The molecule has 1 aromatic rings. The van der Waals surface area contributed by atoms with Crippen LogP contribution in [-0.4, -0.2) is 37.6 Å². The molecule has 3 unspecified atom stereocenters. The molecule has 1 aliphatic carbocycles. The maximum Gasteiger partial charge on any atom is 0.122 e. The molecule has 1 aliphatic rings. The van der Waals surface area contributed by atoms with E-state index in [1.807, 2.05) is 12.1 Å². The molecular weight excluding hydrogens is 226 g/mol. The SMILES string of the molecule is CN(C)C(CNC1CCCC(N)C1)c1ccco1. The first-order valence-corrected chi connectivity index (χ1v) is 6.85. The minimum Gasteiger partial charge on any atom is -0.468 e. The van der Waals surface area contributed by atoms with Crippen LogP contribution in [0.5, 0.6) is 0 Å². The molecule has 0 aromatic carbocycles. The molecule has 3 N–H and O–H groups in total. The van der Waals surface area contributed by atoms with Crippen molar-refractivity contribution in [3.8, 4) is 0 Å². The second kappa shape index (κ2) is 6.36. The van der Waals surface area contributed by atoms with Gasteiger partial charge in [0, 0.05) is 18.6 Å². The highest BCUT2D eigenvalue weighted by Crippen LogP contribution is 2.20. The molecule has 1 heterocycles. The highest BCUT2D eigenvalue weighted by molar-refractivity contribution is 5.05. The lowest BCUT2D eigenvalue weighted by atomic mass is 9.91. The monoisotopic (exact) mass is 251 g/mol. The van der Waals surface area contributed by atoms with Gasteiger partial charge in [0.05, 0.1) is 12.3 Å². The fourth-order valence-corrected chi connectivity index (χ4v) is 2.71. The number of nitrogens with two attached hydrogens (primary N) is 1. The molecular formula is C14H25N3O. The normalized spacial score (nSPS) is 26.4. The zero-order chi connectivity index (χ0) is 13.0. The summed E-state index contributed by atoms with van der Waals surface area (Å²) in [6.45, 7) is 0.915. The number of likely N-dealkylation sites (N-methyl/N-ethyl adjacent to an activating group) is 1. The molecule has 1 aromatic heterocycles. The Kier molecular flexibility index (Phi) is 4.80. The lowest BCUT2D eigenvalue weighted by Crippen LogP contribution is -2.42. The molecule has 2 rings (SSSR count). The van der Waals surface area contributed by atoms with E-state index in [1.54, 1.807) is 6.26 Å². The van der Waals surface area contributed by atoms with E-state index in [9.17, 15) is 0 Å². The highest BCUT2D eigenvalue weighted by Gasteiger charge is 2.22. The van der Waals surface area contributed by atoms with Gasteiger partial charge in [-0.2, -0.15) is 0 Å². The predicted octanol–water partition coefficient (Wildman–Crippen LogP) is 1.74. The van der Waals surface area contributed by atoms with Gasteiger partial charge in [-0.05, 0) is 45.5 Å². The minimum atomic E-state index is 0.290. The molecule has 0 amide bonds. The Morgan fingerprint density at radius 1 is 1.50 bits per heavy atom. The van der Waals surface area contributed by atoms with Crippen LogP contribution in [0.2, 0.25) is 0 Å². The van der Waals surface area contributed by atoms with Crippen molar-refractivity contribution in [2.75, 3.05) is 20.6 Å². The maximum atomic E-state index is 6.02. The number of hydrogen-bond donors (Lipinski definition) is 2. The summed E-state index contributed by atoms with van der Waals surface area (Å²) >= 11 is 0. The summed E-state index contributed by atoms with van der Waals surface area (Å²) in [4.78, 5) is 2.19. The molecule has 18 heavy (non-hydrogen) atoms. The van der Waals surface area contributed by atoms with Crippen LogP contribution in [0.15, 0.2) is 22.8 Å². The number of rotatable bonds is 5. The van der Waals surface area contributed by atoms with Crippen molar-refractivity contribution in [2.24, 2.45) is 5.73 Å². The average Bonchev–Trinajstić information content (AvgIpc) is 2.82. The molecule has 4 heteroatoms. The zero-order valence-corrected chi connectivity index (χ0v) is 11.4. The summed E-state index contributed by atoms with van der Waals surface area (Å²) in [5, 5.41) is 3.64. The Balaban J connectivity index is 1.86. The van der Waals surface area contributed by atoms with Crippen molar-refractivity contribution < 1.29 is 4.42 Å². The minimum absolute atomic E-state index is 0.290. The van der Waals surface area contributed by atoms with Crippen molar-refractivity contribution in [3.05, 3.63) is 24.2 Å². The van der Waals surface area contributed by atoms with Gasteiger partial charge in [0.25, 0.3) is 0 Å². The summed E-state index contributed by atoms with van der Waals surface area (Å²) in [6.07, 6.45) is 6.49. The van der Waals surface area contributed by atoms with E-state index in [0.29, 0.717) is 12.1 Å². The first-order valence-electron chi connectivity index (χ1n) is 6.85. The van der Waals surface area contributed by atoms with Crippen LogP contribution in [0.4, 0.5) is 0 Å². The topological polar surface area (TPSA) is 54.4 Å². The number of hydrogen-bond acceptors (Lipinski definition) is 4. The van der Waals surface area contributed by atoms with Gasteiger partial charge in [-0.15, -0.1) is 0 Å². The zero-order valence-electron chi connectivity index (χ0n) is 11.4. The van der Waals surface area contributed by atoms with Crippen molar-refractivity contribution in [1.29, 1.82) is 0 Å². The van der Waals surface area contributed by atoms with Crippen LogP contribution in [-0.2, 0) is 0 Å². The van der Waals surface area contributed by atoms with E-state index in [-0.39, 0.29) is 6.04 Å². The van der Waals surface area contributed by atoms with E-state index in [0.717, 1.165) is 18.7 Å². The summed E-state index contributed by atoms with van der Waals surface area (Å²) in [5.41, 5.74) is 6.02. The first-order chi connectivity index (χ1) is 8.66. The third-order valence-corrected chi connectivity index (χ3v) is 3.81. The molecule has 3 atom stereocenters. The molecule has 0 radical (unpaired) electrons. The summed E-state index contributed by atoms with van der Waals surface area (Å²) in [6, 6.07) is 5.21. The number of nitrogens with one attached hydrogen (secondary N) is 1. The van der Waals surface area contributed by atoms with Crippen molar-refractivity contribution in [3.63, 3.8) is 0 Å². The van der Waals surface area contributed by atoms with Crippen molar-refractivity contribution in [2.45, 2.75) is 43.8 Å². The third-order valence-electron chi connectivity index (χ3n) is 3.81. The number of furan rings is 1. The number of nitrogens with zero attached hydrogens (tertiary/aromatic N) is 1. The van der Waals surface area contributed by atoms with Gasteiger partial charge in [-0.1, -0.05) is 6.42 Å².